The van der Waals surface area contributed by atoms with Crippen LogP contribution in [0.5, 0.6) is 0 Å². The van der Waals surface area contributed by atoms with Gasteiger partial charge in [0.05, 0.1) is 17.2 Å². The second kappa shape index (κ2) is 6.54. The van der Waals surface area contributed by atoms with Gasteiger partial charge in [0.1, 0.15) is 6.07 Å². The van der Waals surface area contributed by atoms with E-state index in [4.69, 9.17) is 0 Å². The number of aliphatic carboxylic acids is 1. The number of carboxylic acid groups (broad SMARTS) is 1. The van der Waals surface area contributed by atoms with E-state index in [1.165, 1.54) is 30.9 Å². The second-order valence-corrected chi connectivity index (χ2v) is 5.72. The Morgan fingerprint density at radius 1 is 1.42 bits per heavy atom. The smallest absolute Gasteiger partial charge is 0.332 e. The van der Waals surface area contributed by atoms with Gasteiger partial charge in [-0.25, -0.2) is 4.79 Å². The Bertz CT molecular complexity index is 808. The van der Waals surface area contributed by atoms with Crippen LogP contribution in [0.4, 0.5) is 5.69 Å². The van der Waals surface area contributed by atoms with E-state index in [0.29, 0.717) is 11.3 Å². The molecule has 2 unspecified atom stereocenters. The number of para-hydroxylation sites is 1. The Hall–Kier alpha value is -3.14. The van der Waals surface area contributed by atoms with Gasteiger partial charge in [0.15, 0.2) is 5.54 Å². The van der Waals surface area contributed by atoms with Crippen LogP contribution in [0.15, 0.2) is 36.7 Å². The molecule has 0 aliphatic rings. The number of rotatable bonds is 5. The van der Waals surface area contributed by atoms with Gasteiger partial charge in [-0.05, 0) is 31.5 Å². The number of carbonyl (C=O) groups is 2. The van der Waals surface area contributed by atoms with Crippen LogP contribution in [0, 0.1) is 24.2 Å². The number of nitriles is 1. The minimum atomic E-state index is -1.55. The third-order valence-electron chi connectivity index (χ3n) is 4.29. The fraction of sp³-hybridized carbons (Fsp3) is 0.294. The summed E-state index contributed by atoms with van der Waals surface area (Å²) in [6.45, 7) is 4.73. The summed E-state index contributed by atoms with van der Waals surface area (Å²) in [7, 11) is 0. The first kappa shape index (κ1) is 17.2. The average molecular weight is 326 g/mol. The van der Waals surface area contributed by atoms with Gasteiger partial charge in [-0.15, -0.1) is 0 Å². The number of nitrogens with one attached hydrogen (secondary N) is 1. The van der Waals surface area contributed by atoms with E-state index in [0.717, 1.165) is 5.56 Å². The van der Waals surface area contributed by atoms with Gasteiger partial charge >= 0.3 is 5.97 Å². The SMILES string of the molecule is Cc1cccc(C#N)c1NC(=O)C(C)C(C)(C(=O)O)n1cccn1. The van der Waals surface area contributed by atoms with Gasteiger partial charge in [-0.3, -0.25) is 9.48 Å². The maximum Gasteiger partial charge on any atom is 0.332 e. The Morgan fingerprint density at radius 2 is 2.12 bits per heavy atom. The first-order valence-electron chi connectivity index (χ1n) is 7.36. The van der Waals surface area contributed by atoms with Crippen LogP contribution >= 0.6 is 0 Å². The quantitative estimate of drug-likeness (QED) is 0.875. The maximum atomic E-state index is 12.7. The normalized spacial score (nSPS) is 14.2. The van der Waals surface area contributed by atoms with Gasteiger partial charge in [0.2, 0.25) is 5.91 Å². The Labute approximate surface area is 139 Å². The number of nitrogens with zero attached hydrogens (tertiary/aromatic N) is 3. The predicted octanol–water partition coefficient (Wildman–Crippen LogP) is 2.14. The fourth-order valence-electron chi connectivity index (χ4n) is 2.44. The highest BCUT2D eigenvalue weighted by atomic mass is 16.4. The molecule has 0 fully saturated rings. The van der Waals surface area contributed by atoms with E-state index in [1.54, 1.807) is 31.2 Å². The van der Waals surface area contributed by atoms with Crippen LogP contribution in [0.25, 0.3) is 0 Å². The number of aromatic nitrogens is 2. The number of hydrogen-bond donors (Lipinski definition) is 2. The Balaban J connectivity index is 2.36. The molecule has 7 heteroatoms. The van der Waals surface area contributed by atoms with Crippen molar-refractivity contribution in [3.05, 3.63) is 47.8 Å². The van der Waals surface area contributed by atoms with Gasteiger partial charge in [0, 0.05) is 12.4 Å². The third-order valence-corrected chi connectivity index (χ3v) is 4.29. The lowest BCUT2D eigenvalue weighted by molar-refractivity contribution is -0.152. The fourth-order valence-corrected chi connectivity index (χ4v) is 2.44. The maximum absolute atomic E-state index is 12.7. The minimum Gasteiger partial charge on any atom is -0.479 e. The molecule has 0 aliphatic carbocycles. The number of carboxylic acids is 1. The highest BCUT2D eigenvalue weighted by molar-refractivity contribution is 5.98. The standard InChI is InChI=1S/C17H18N4O3/c1-11-6-4-7-13(10-18)14(11)20-15(22)12(2)17(3,16(23)24)21-9-5-8-19-21/h4-9,12H,1-3H3,(H,20,22)(H,23,24). The molecule has 24 heavy (non-hydrogen) atoms. The molecule has 2 aromatic rings. The minimum absolute atomic E-state index is 0.326. The molecular weight excluding hydrogens is 308 g/mol. The summed E-state index contributed by atoms with van der Waals surface area (Å²) in [5.41, 5.74) is -0.106. The molecule has 7 nitrogen and oxygen atoms in total. The number of anilines is 1. The van der Waals surface area contributed by atoms with E-state index in [1.807, 2.05) is 6.07 Å². The molecule has 1 heterocycles. The lowest BCUT2D eigenvalue weighted by Gasteiger charge is -2.31. The lowest BCUT2D eigenvalue weighted by atomic mass is 9.86. The van der Waals surface area contributed by atoms with Crippen LogP contribution in [0.1, 0.15) is 25.0 Å². The molecule has 124 valence electrons. The zero-order valence-electron chi connectivity index (χ0n) is 13.6. The molecule has 0 spiro atoms. The molecule has 0 bridgehead atoms. The van der Waals surface area contributed by atoms with E-state index >= 15 is 0 Å². The van der Waals surface area contributed by atoms with Crippen molar-refractivity contribution < 1.29 is 14.7 Å². The molecule has 2 N–H and O–H groups in total. The average Bonchev–Trinajstić information content (AvgIpc) is 3.09. The van der Waals surface area contributed by atoms with E-state index < -0.39 is 23.3 Å². The number of hydrogen-bond acceptors (Lipinski definition) is 4. The van der Waals surface area contributed by atoms with Crippen molar-refractivity contribution in [1.82, 2.24) is 9.78 Å². The Kier molecular flexibility index (Phi) is 4.69. The summed E-state index contributed by atoms with van der Waals surface area (Å²) in [4.78, 5) is 24.5. The van der Waals surface area contributed by atoms with Gasteiger partial charge in [0.25, 0.3) is 0 Å². The van der Waals surface area contributed by atoms with Gasteiger partial charge in [-0.2, -0.15) is 10.4 Å². The molecule has 1 aromatic carbocycles. The van der Waals surface area contributed by atoms with Crippen molar-refractivity contribution in [2.45, 2.75) is 26.3 Å². The summed E-state index contributed by atoms with van der Waals surface area (Å²) in [5.74, 6) is -2.60. The molecule has 2 rings (SSSR count). The van der Waals surface area contributed by atoms with Crippen molar-refractivity contribution in [3.63, 3.8) is 0 Å². The van der Waals surface area contributed by atoms with Crippen LogP contribution in [0.2, 0.25) is 0 Å². The van der Waals surface area contributed by atoms with Gasteiger partial charge < -0.3 is 10.4 Å². The van der Waals surface area contributed by atoms with Crippen molar-refractivity contribution in [2.75, 3.05) is 5.32 Å². The molecule has 0 saturated heterocycles. The molecule has 1 aromatic heterocycles. The topological polar surface area (TPSA) is 108 Å². The second-order valence-electron chi connectivity index (χ2n) is 5.72. The molecule has 2 atom stereocenters. The summed E-state index contributed by atoms with van der Waals surface area (Å²) >= 11 is 0. The molecule has 1 amide bonds. The van der Waals surface area contributed by atoms with E-state index in [-0.39, 0.29) is 0 Å². The van der Waals surface area contributed by atoms with Crippen molar-refractivity contribution >= 4 is 17.6 Å². The summed E-state index contributed by atoms with van der Waals surface area (Å²) < 4.78 is 1.25. The molecule has 0 saturated carbocycles. The summed E-state index contributed by atoms with van der Waals surface area (Å²) in [6.07, 6.45) is 2.97. The Morgan fingerprint density at radius 3 is 2.67 bits per heavy atom. The molecule has 0 aliphatic heterocycles. The van der Waals surface area contributed by atoms with Crippen LogP contribution in [0.3, 0.4) is 0 Å². The first-order chi connectivity index (χ1) is 11.3. The first-order valence-corrected chi connectivity index (χ1v) is 7.36. The van der Waals surface area contributed by atoms with Crippen molar-refractivity contribution in [1.29, 1.82) is 5.26 Å². The predicted molar refractivity (Wildman–Crippen MR) is 87.2 cm³/mol. The van der Waals surface area contributed by atoms with Crippen molar-refractivity contribution in [2.24, 2.45) is 5.92 Å². The number of aryl methyl sites for hydroxylation is 1. The summed E-state index contributed by atoms with van der Waals surface area (Å²) in [6, 6.07) is 8.70. The van der Waals surface area contributed by atoms with Crippen LogP contribution < -0.4 is 5.32 Å². The molecule has 0 radical (unpaired) electrons. The third kappa shape index (κ3) is 2.86. The zero-order valence-corrected chi connectivity index (χ0v) is 13.6. The van der Waals surface area contributed by atoms with Crippen LogP contribution in [-0.2, 0) is 15.1 Å². The zero-order chi connectivity index (χ0) is 17.9. The number of benzene rings is 1. The van der Waals surface area contributed by atoms with E-state index in [9.17, 15) is 20.0 Å². The highest BCUT2D eigenvalue weighted by Gasteiger charge is 2.45. The van der Waals surface area contributed by atoms with E-state index in [2.05, 4.69) is 10.4 Å². The number of amides is 1. The molecular formula is C17H18N4O3. The lowest BCUT2D eigenvalue weighted by Crippen LogP contribution is -2.49. The largest absolute Gasteiger partial charge is 0.479 e. The van der Waals surface area contributed by atoms with Crippen molar-refractivity contribution in [3.8, 4) is 6.07 Å². The van der Waals surface area contributed by atoms with Crippen LogP contribution in [-0.4, -0.2) is 26.8 Å². The van der Waals surface area contributed by atoms with Gasteiger partial charge in [-0.1, -0.05) is 19.1 Å². The number of carbonyl (C=O) groups excluding carboxylic acids is 1. The summed E-state index contributed by atoms with van der Waals surface area (Å²) in [5, 5.41) is 25.5. The monoisotopic (exact) mass is 326 g/mol. The highest BCUT2D eigenvalue weighted by Crippen LogP contribution is 2.28.